The molecule has 106 valence electrons. The lowest BCUT2D eigenvalue weighted by atomic mass is 9.85. The maximum Gasteiger partial charge on any atom is 0.138 e. The SMILES string of the molecule is CCC1CCCC(Oc2ccc([C@@H](C)N)cc2Cl)C1. The highest BCUT2D eigenvalue weighted by Gasteiger charge is 2.22. The molecule has 19 heavy (non-hydrogen) atoms. The van der Waals surface area contributed by atoms with Crippen LogP contribution in [0.4, 0.5) is 0 Å². The number of nitrogens with two attached hydrogens (primary N) is 1. The maximum absolute atomic E-state index is 6.28. The Labute approximate surface area is 121 Å². The van der Waals surface area contributed by atoms with Crippen LogP contribution < -0.4 is 10.5 Å². The van der Waals surface area contributed by atoms with Gasteiger partial charge in [-0.05, 0) is 49.8 Å². The predicted molar refractivity (Wildman–Crippen MR) is 80.7 cm³/mol. The van der Waals surface area contributed by atoms with Crippen LogP contribution in [0.2, 0.25) is 5.02 Å². The lowest BCUT2D eigenvalue weighted by molar-refractivity contribution is 0.122. The molecule has 0 radical (unpaired) electrons. The number of halogens is 1. The molecule has 2 rings (SSSR count). The highest BCUT2D eigenvalue weighted by atomic mass is 35.5. The van der Waals surface area contributed by atoms with Crippen LogP contribution in [0.3, 0.4) is 0 Å². The molecule has 1 aromatic carbocycles. The Hall–Kier alpha value is -0.730. The zero-order valence-electron chi connectivity index (χ0n) is 11.9. The smallest absolute Gasteiger partial charge is 0.138 e. The monoisotopic (exact) mass is 281 g/mol. The average molecular weight is 282 g/mol. The summed E-state index contributed by atoms with van der Waals surface area (Å²) in [6.07, 6.45) is 6.46. The van der Waals surface area contributed by atoms with Gasteiger partial charge in [0.1, 0.15) is 5.75 Å². The van der Waals surface area contributed by atoms with Gasteiger partial charge in [0.05, 0.1) is 11.1 Å². The Morgan fingerprint density at radius 1 is 1.42 bits per heavy atom. The summed E-state index contributed by atoms with van der Waals surface area (Å²) in [6.45, 7) is 4.22. The predicted octanol–water partition coefficient (Wildman–Crippen LogP) is 4.71. The van der Waals surface area contributed by atoms with Crippen molar-refractivity contribution in [3.63, 3.8) is 0 Å². The maximum atomic E-state index is 6.28. The fourth-order valence-corrected chi connectivity index (χ4v) is 3.03. The summed E-state index contributed by atoms with van der Waals surface area (Å²) in [5, 5.41) is 0.674. The molecule has 0 aliphatic heterocycles. The molecule has 0 bridgehead atoms. The number of hydrogen-bond acceptors (Lipinski definition) is 2. The van der Waals surface area contributed by atoms with Crippen molar-refractivity contribution < 1.29 is 4.74 Å². The summed E-state index contributed by atoms with van der Waals surface area (Å²) in [4.78, 5) is 0. The number of hydrogen-bond donors (Lipinski definition) is 1. The van der Waals surface area contributed by atoms with E-state index >= 15 is 0 Å². The number of ether oxygens (including phenoxy) is 1. The van der Waals surface area contributed by atoms with Crippen molar-refractivity contribution in [1.82, 2.24) is 0 Å². The van der Waals surface area contributed by atoms with Gasteiger partial charge in [-0.15, -0.1) is 0 Å². The summed E-state index contributed by atoms with van der Waals surface area (Å²) in [6, 6.07) is 5.88. The minimum Gasteiger partial charge on any atom is -0.489 e. The van der Waals surface area contributed by atoms with Crippen molar-refractivity contribution in [1.29, 1.82) is 0 Å². The van der Waals surface area contributed by atoms with Crippen LogP contribution in [0, 0.1) is 5.92 Å². The van der Waals surface area contributed by atoms with E-state index in [-0.39, 0.29) is 6.04 Å². The molecule has 0 aromatic heterocycles. The summed E-state index contributed by atoms with van der Waals surface area (Å²) in [7, 11) is 0. The molecule has 0 heterocycles. The van der Waals surface area contributed by atoms with E-state index in [1.807, 2.05) is 25.1 Å². The second-order valence-electron chi connectivity index (χ2n) is 5.66. The van der Waals surface area contributed by atoms with Crippen LogP contribution >= 0.6 is 11.6 Å². The van der Waals surface area contributed by atoms with Crippen LogP contribution in [0.15, 0.2) is 18.2 Å². The zero-order valence-corrected chi connectivity index (χ0v) is 12.6. The van der Waals surface area contributed by atoms with Gasteiger partial charge < -0.3 is 10.5 Å². The first-order chi connectivity index (χ1) is 9.10. The van der Waals surface area contributed by atoms with Crippen molar-refractivity contribution in [3.05, 3.63) is 28.8 Å². The standard InChI is InChI=1S/C16H24ClNO/c1-3-12-5-4-6-14(9-12)19-16-8-7-13(11(2)18)10-15(16)17/h7-8,10-12,14H,3-6,9,18H2,1-2H3/t11-,12?,14?/m1/s1. The molecule has 0 saturated heterocycles. The highest BCUT2D eigenvalue weighted by molar-refractivity contribution is 6.32. The van der Waals surface area contributed by atoms with Crippen molar-refractivity contribution in [3.8, 4) is 5.75 Å². The summed E-state index contributed by atoms with van der Waals surface area (Å²) in [5.41, 5.74) is 6.90. The van der Waals surface area contributed by atoms with Crippen LogP contribution in [-0.4, -0.2) is 6.10 Å². The van der Waals surface area contributed by atoms with Crippen molar-refractivity contribution >= 4 is 11.6 Å². The van der Waals surface area contributed by atoms with Gasteiger partial charge in [0, 0.05) is 6.04 Å². The molecule has 1 aromatic rings. The average Bonchev–Trinajstić information content (AvgIpc) is 2.41. The molecule has 3 heteroatoms. The molecule has 2 nitrogen and oxygen atoms in total. The minimum atomic E-state index is 0.00528. The fraction of sp³-hybridized carbons (Fsp3) is 0.625. The Morgan fingerprint density at radius 3 is 2.84 bits per heavy atom. The molecule has 1 saturated carbocycles. The van der Waals surface area contributed by atoms with E-state index in [2.05, 4.69) is 6.92 Å². The van der Waals surface area contributed by atoms with Gasteiger partial charge in [0.2, 0.25) is 0 Å². The number of rotatable bonds is 4. The number of benzene rings is 1. The first-order valence-corrected chi connectivity index (χ1v) is 7.69. The fourth-order valence-electron chi connectivity index (χ4n) is 2.79. The van der Waals surface area contributed by atoms with Crippen molar-refractivity contribution in [2.24, 2.45) is 11.7 Å². The second-order valence-corrected chi connectivity index (χ2v) is 6.07. The van der Waals surface area contributed by atoms with Crippen LogP contribution in [0.5, 0.6) is 5.75 Å². The van der Waals surface area contributed by atoms with E-state index in [9.17, 15) is 0 Å². The van der Waals surface area contributed by atoms with Crippen molar-refractivity contribution in [2.75, 3.05) is 0 Å². The van der Waals surface area contributed by atoms with E-state index in [1.54, 1.807) is 0 Å². The topological polar surface area (TPSA) is 35.2 Å². The molecular weight excluding hydrogens is 258 g/mol. The van der Waals surface area contributed by atoms with Crippen molar-refractivity contribution in [2.45, 2.75) is 58.1 Å². The molecule has 1 fully saturated rings. The quantitative estimate of drug-likeness (QED) is 0.868. The van der Waals surface area contributed by atoms with E-state index < -0.39 is 0 Å². The molecule has 3 atom stereocenters. The lowest BCUT2D eigenvalue weighted by Gasteiger charge is -2.29. The summed E-state index contributed by atoms with van der Waals surface area (Å²) >= 11 is 6.28. The second kappa shape index (κ2) is 6.62. The Kier molecular flexibility index (Phi) is 5.12. The van der Waals surface area contributed by atoms with Gasteiger partial charge in [0.25, 0.3) is 0 Å². The molecule has 0 amide bonds. The molecule has 2 N–H and O–H groups in total. The third-order valence-corrected chi connectivity index (χ3v) is 4.38. The van der Waals surface area contributed by atoms with Crippen LogP contribution in [0.25, 0.3) is 0 Å². The largest absolute Gasteiger partial charge is 0.489 e. The molecule has 1 aliphatic carbocycles. The summed E-state index contributed by atoms with van der Waals surface area (Å²) in [5.74, 6) is 1.61. The lowest BCUT2D eigenvalue weighted by Crippen LogP contribution is -2.25. The van der Waals surface area contributed by atoms with E-state index in [0.29, 0.717) is 11.1 Å². The first kappa shape index (κ1) is 14.7. The van der Waals surface area contributed by atoms with Gasteiger partial charge in [-0.1, -0.05) is 37.4 Å². The molecule has 0 spiro atoms. The molecule has 2 unspecified atom stereocenters. The Balaban J connectivity index is 2.02. The van der Waals surface area contributed by atoms with E-state index in [1.165, 1.54) is 19.3 Å². The first-order valence-electron chi connectivity index (χ1n) is 7.31. The van der Waals surface area contributed by atoms with Crippen LogP contribution in [-0.2, 0) is 0 Å². The van der Waals surface area contributed by atoms with Gasteiger partial charge in [-0.25, -0.2) is 0 Å². The third kappa shape index (κ3) is 3.87. The van der Waals surface area contributed by atoms with Gasteiger partial charge >= 0.3 is 0 Å². The molecule has 1 aliphatic rings. The third-order valence-electron chi connectivity index (χ3n) is 4.09. The highest BCUT2D eigenvalue weighted by Crippen LogP contribution is 2.33. The summed E-state index contributed by atoms with van der Waals surface area (Å²) < 4.78 is 6.08. The van der Waals surface area contributed by atoms with Gasteiger partial charge in [-0.3, -0.25) is 0 Å². The minimum absolute atomic E-state index is 0.00528. The van der Waals surface area contributed by atoms with Gasteiger partial charge in [0.15, 0.2) is 0 Å². The van der Waals surface area contributed by atoms with E-state index in [0.717, 1.165) is 30.1 Å². The Morgan fingerprint density at radius 2 is 2.21 bits per heavy atom. The van der Waals surface area contributed by atoms with E-state index in [4.69, 9.17) is 22.1 Å². The normalized spacial score (nSPS) is 25.1. The molecular formula is C16H24ClNO. The zero-order chi connectivity index (χ0) is 13.8. The Bertz CT molecular complexity index is 419. The van der Waals surface area contributed by atoms with Crippen LogP contribution in [0.1, 0.15) is 57.6 Å². The van der Waals surface area contributed by atoms with Gasteiger partial charge in [-0.2, -0.15) is 0 Å².